The number of amides is 2. The summed E-state index contributed by atoms with van der Waals surface area (Å²) in [5.41, 5.74) is 2.93. The number of rotatable bonds is 7. The van der Waals surface area contributed by atoms with E-state index in [4.69, 9.17) is 4.74 Å². The summed E-state index contributed by atoms with van der Waals surface area (Å²) in [6.07, 6.45) is 3.05. The van der Waals surface area contributed by atoms with Crippen LogP contribution < -0.4 is 5.32 Å². The van der Waals surface area contributed by atoms with Crippen LogP contribution in [-0.2, 0) is 16.0 Å². The van der Waals surface area contributed by atoms with Crippen LogP contribution in [0.1, 0.15) is 39.7 Å². The highest BCUT2D eigenvalue weighted by atomic mass is 32.2. The van der Waals surface area contributed by atoms with Crippen molar-refractivity contribution < 1.29 is 14.3 Å². The van der Waals surface area contributed by atoms with Gasteiger partial charge in [0.25, 0.3) is 5.91 Å². The molecule has 152 valence electrons. The van der Waals surface area contributed by atoms with Crippen LogP contribution in [0.4, 0.5) is 0 Å². The SMILES string of the molecule is O=C(NC[C@@H]1CCCO1)c1ccc([C@H]2SCC(=O)N2CCc2ccccc2)cc1. The van der Waals surface area contributed by atoms with Crippen molar-refractivity contribution >= 4 is 23.6 Å². The van der Waals surface area contributed by atoms with Crippen LogP contribution in [0.3, 0.4) is 0 Å². The van der Waals surface area contributed by atoms with Crippen molar-refractivity contribution in [3.63, 3.8) is 0 Å². The minimum atomic E-state index is -0.0804. The first-order valence-electron chi connectivity index (χ1n) is 10.2. The third-order valence-corrected chi connectivity index (χ3v) is 6.68. The molecular weight excluding hydrogens is 384 g/mol. The molecular formula is C23H26N2O3S. The Kier molecular flexibility index (Phi) is 6.52. The van der Waals surface area contributed by atoms with E-state index in [1.165, 1.54) is 5.56 Å². The lowest BCUT2D eigenvalue weighted by molar-refractivity contribution is -0.128. The van der Waals surface area contributed by atoms with Gasteiger partial charge in [0.2, 0.25) is 5.91 Å². The average Bonchev–Trinajstić information content (AvgIpc) is 3.41. The number of carbonyl (C=O) groups excluding carboxylic acids is 2. The van der Waals surface area contributed by atoms with Crippen molar-refractivity contribution in [1.29, 1.82) is 0 Å². The maximum Gasteiger partial charge on any atom is 0.251 e. The van der Waals surface area contributed by atoms with Crippen LogP contribution in [0, 0.1) is 0 Å². The summed E-state index contributed by atoms with van der Waals surface area (Å²) in [6, 6.07) is 17.9. The van der Waals surface area contributed by atoms with Gasteiger partial charge in [0.1, 0.15) is 5.37 Å². The predicted molar refractivity (Wildman–Crippen MR) is 115 cm³/mol. The van der Waals surface area contributed by atoms with Crippen LogP contribution in [0.2, 0.25) is 0 Å². The van der Waals surface area contributed by atoms with Crippen molar-refractivity contribution in [1.82, 2.24) is 10.2 Å². The number of carbonyl (C=O) groups is 2. The van der Waals surface area contributed by atoms with E-state index < -0.39 is 0 Å². The number of hydrogen-bond donors (Lipinski definition) is 1. The number of benzene rings is 2. The van der Waals surface area contributed by atoms with E-state index in [2.05, 4.69) is 17.4 Å². The molecule has 29 heavy (non-hydrogen) atoms. The van der Waals surface area contributed by atoms with E-state index in [1.54, 1.807) is 11.8 Å². The molecule has 5 nitrogen and oxygen atoms in total. The number of thioether (sulfide) groups is 1. The van der Waals surface area contributed by atoms with Gasteiger partial charge in [0.05, 0.1) is 11.9 Å². The third-order valence-electron chi connectivity index (χ3n) is 5.42. The van der Waals surface area contributed by atoms with Crippen LogP contribution in [0.5, 0.6) is 0 Å². The van der Waals surface area contributed by atoms with Gasteiger partial charge in [-0.25, -0.2) is 0 Å². The van der Waals surface area contributed by atoms with Crippen molar-refractivity contribution in [3.8, 4) is 0 Å². The second-order valence-corrected chi connectivity index (χ2v) is 8.52. The maximum atomic E-state index is 12.4. The van der Waals surface area contributed by atoms with Gasteiger partial charge >= 0.3 is 0 Å². The molecule has 2 aliphatic rings. The van der Waals surface area contributed by atoms with Gasteiger partial charge in [-0.3, -0.25) is 9.59 Å². The number of nitrogens with one attached hydrogen (secondary N) is 1. The van der Waals surface area contributed by atoms with E-state index >= 15 is 0 Å². The molecule has 1 N–H and O–H groups in total. The lowest BCUT2D eigenvalue weighted by Crippen LogP contribution is -2.32. The summed E-state index contributed by atoms with van der Waals surface area (Å²) >= 11 is 1.65. The fraction of sp³-hybridized carbons (Fsp3) is 0.391. The van der Waals surface area contributed by atoms with E-state index in [9.17, 15) is 9.59 Å². The van der Waals surface area contributed by atoms with E-state index in [0.717, 1.165) is 31.4 Å². The Morgan fingerprint density at radius 3 is 2.66 bits per heavy atom. The Labute approximate surface area is 175 Å². The summed E-state index contributed by atoms with van der Waals surface area (Å²) < 4.78 is 5.55. The van der Waals surface area contributed by atoms with Gasteiger partial charge in [-0.1, -0.05) is 42.5 Å². The molecule has 0 aromatic heterocycles. The molecule has 2 fully saturated rings. The number of nitrogens with zero attached hydrogens (tertiary/aromatic N) is 1. The molecule has 2 heterocycles. The number of ether oxygens (including phenoxy) is 1. The molecule has 0 bridgehead atoms. The average molecular weight is 411 g/mol. The summed E-state index contributed by atoms with van der Waals surface area (Å²) in [6.45, 7) is 2.04. The molecule has 2 amide bonds. The smallest absolute Gasteiger partial charge is 0.251 e. The molecule has 0 saturated carbocycles. The minimum Gasteiger partial charge on any atom is -0.376 e. The highest BCUT2D eigenvalue weighted by Gasteiger charge is 2.32. The quantitative estimate of drug-likeness (QED) is 0.760. The monoisotopic (exact) mass is 410 g/mol. The zero-order valence-electron chi connectivity index (χ0n) is 16.4. The van der Waals surface area contributed by atoms with Crippen molar-refractivity contribution in [2.45, 2.75) is 30.7 Å². The standard InChI is InChI=1S/C23H26N2O3S/c26-21-16-29-23(25(21)13-12-17-5-2-1-3-6-17)19-10-8-18(9-11-19)22(27)24-15-20-7-4-14-28-20/h1-3,5-6,8-11,20,23H,4,7,12-16H2,(H,24,27)/t20-,23+/m0/s1. The van der Waals surface area contributed by atoms with Gasteiger partial charge in [-0.15, -0.1) is 11.8 Å². The molecule has 2 saturated heterocycles. The first-order valence-corrected chi connectivity index (χ1v) is 11.2. The Morgan fingerprint density at radius 2 is 1.93 bits per heavy atom. The van der Waals surface area contributed by atoms with Crippen LogP contribution in [0.25, 0.3) is 0 Å². The Morgan fingerprint density at radius 1 is 1.14 bits per heavy atom. The zero-order chi connectivity index (χ0) is 20.1. The summed E-state index contributed by atoms with van der Waals surface area (Å²) in [5.74, 6) is 0.598. The fourth-order valence-corrected chi connectivity index (χ4v) is 5.00. The molecule has 0 radical (unpaired) electrons. The molecule has 2 aliphatic heterocycles. The van der Waals surface area contributed by atoms with Gasteiger partial charge in [-0.05, 0) is 42.5 Å². The van der Waals surface area contributed by atoms with E-state index in [1.807, 2.05) is 47.4 Å². The topological polar surface area (TPSA) is 58.6 Å². The predicted octanol–water partition coefficient (Wildman–Crippen LogP) is 3.41. The van der Waals surface area contributed by atoms with Gasteiger partial charge in [0.15, 0.2) is 0 Å². The normalized spacial score (nSPS) is 21.5. The largest absolute Gasteiger partial charge is 0.376 e. The molecule has 4 rings (SSSR count). The maximum absolute atomic E-state index is 12.4. The minimum absolute atomic E-state index is 0.00946. The second-order valence-electron chi connectivity index (χ2n) is 7.45. The van der Waals surface area contributed by atoms with Gasteiger partial charge in [0, 0.05) is 25.3 Å². The molecule has 2 atom stereocenters. The van der Waals surface area contributed by atoms with Crippen molar-refractivity contribution in [3.05, 3.63) is 71.3 Å². The summed E-state index contributed by atoms with van der Waals surface area (Å²) in [5, 5.41) is 2.96. The van der Waals surface area contributed by atoms with E-state index in [-0.39, 0.29) is 23.3 Å². The van der Waals surface area contributed by atoms with Crippen LogP contribution in [0.15, 0.2) is 54.6 Å². The third kappa shape index (κ3) is 5.00. The molecule has 6 heteroatoms. The van der Waals surface area contributed by atoms with Crippen LogP contribution >= 0.6 is 11.8 Å². The van der Waals surface area contributed by atoms with Crippen molar-refractivity contribution in [2.75, 3.05) is 25.4 Å². The van der Waals surface area contributed by atoms with Gasteiger partial charge in [-0.2, -0.15) is 0 Å². The summed E-state index contributed by atoms with van der Waals surface area (Å²) in [7, 11) is 0. The first-order chi connectivity index (χ1) is 14.2. The zero-order valence-corrected chi connectivity index (χ0v) is 17.2. The van der Waals surface area contributed by atoms with Gasteiger partial charge < -0.3 is 15.0 Å². The molecule has 2 aromatic rings. The molecule has 0 spiro atoms. The Balaban J connectivity index is 1.36. The Bertz CT molecular complexity index is 835. The first kappa shape index (κ1) is 20.0. The highest BCUT2D eigenvalue weighted by Crippen LogP contribution is 2.38. The lowest BCUT2D eigenvalue weighted by atomic mass is 10.1. The summed E-state index contributed by atoms with van der Waals surface area (Å²) in [4.78, 5) is 26.7. The molecule has 0 aliphatic carbocycles. The van der Waals surface area contributed by atoms with Crippen molar-refractivity contribution in [2.24, 2.45) is 0 Å². The number of hydrogen-bond acceptors (Lipinski definition) is 4. The van der Waals surface area contributed by atoms with Crippen LogP contribution in [-0.4, -0.2) is 48.3 Å². The second kappa shape index (κ2) is 9.46. The highest BCUT2D eigenvalue weighted by molar-refractivity contribution is 8.00. The molecule has 2 aromatic carbocycles. The molecule has 0 unspecified atom stereocenters. The Hall–Kier alpha value is -2.31. The van der Waals surface area contributed by atoms with E-state index in [0.29, 0.717) is 24.4 Å². The fourth-order valence-electron chi connectivity index (χ4n) is 3.78. The lowest BCUT2D eigenvalue weighted by Gasteiger charge is -2.24.